The van der Waals surface area contributed by atoms with E-state index in [4.69, 9.17) is 9.05 Å². The highest BCUT2D eigenvalue weighted by atomic mass is 31.2. The van der Waals surface area contributed by atoms with E-state index in [2.05, 4.69) is 31.3 Å². The second kappa shape index (κ2) is 39.7. The molecular weight excluding hydrogens is 838 g/mol. The zero-order chi connectivity index (χ0) is 47.3. The van der Waals surface area contributed by atoms with Crippen molar-refractivity contribution in [3.8, 4) is 0 Å². The molecule has 0 heterocycles. The Bertz CT molecular complexity index is 1190. The van der Waals surface area contributed by atoms with Crippen molar-refractivity contribution < 1.29 is 59.0 Å². The minimum absolute atomic E-state index is 0.248. The molecule has 8 unspecified atom stereocenters. The van der Waals surface area contributed by atoms with Gasteiger partial charge in [0.1, 0.15) is 36.6 Å². The van der Waals surface area contributed by atoms with Gasteiger partial charge < -0.3 is 46.0 Å². The predicted molar refractivity (Wildman–Crippen MR) is 257 cm³/mol. The molecule has 0 aromatic heterocycles. The molecule has 1 amide bonds. The summed E-state index contributed by atoms with van der Waals surface area (Å²) in [6, 6.07) is -1.24. The molecule has 1 fully saturated rings. The molecular formula is C50H96NO12P. The molecule has 378 valence electrons. The molecule has 14 heteroatoms. The fraction of sp³-hybridized carbons (Fsp3) is 0.900. The molecule has 9 N–H and O–H groups in total. The third-order valence-electron chi connectivity index (χ3n) is 12.5. The van der Waals surface area contributed by atoms with Gasteiger partial charge in [-0.2, -0.15) is 0 Å². The van der Waals surface area contributed by atoms with Crippen LogP contribution >= 0.6 is 7.82 Å². The average molecular weight is 934 g/mol. The Morgan fingerprint density at radius 2 is 0.906 bits per heavy atom. The molecule has 1 aliphatic carbocycles. The lowest BCUT2D eigenvalue weighted by Gasteiger charge is -2.41. The number of rotatable bonds is 43. The largest absolute Gasteiger partial charge is 0.472 e. The number of carbonyl (C=O) groups excluding carboxylic acids is 1. The van der Waals surface area contributed by atoms with Gasteiger partial charge >= 0.3 is 7.82 Å². The van der Waals surface area contributed by atoms with Crippen LogP contribution in [0.5, 0.6) is 0 Å². The maximum atomic E-state index is 13.0. The molecule has 64 heavy (non-hydrogen) atoms. The maximum absolute atomic E-state index is 13.0. The Labute approximate surface area is 388 Å². The van der Waals surface area contributed by atoms with Gasteiger partial charge in [-0.15, -0.1) is 0 Å². The Morgan fingerprint density at radius 3 is 1.33 bits per heavy atom. The molecule has 0 aromatic rings. The topological polar surface area (TPSA) is 226 Å². The van der Waals surface area contributed by atoms with E-state index in [1.54, 1.807) is 6.08 Å². The van der Waals surface area contributed by atoms with Crippen LogP contribution in [0.4, 0.5) is 0 Å². The summed E-state index contributed by atoms with van der Waals surface area (Å²) in [6.45, 7) is 3.76. The SMILES string of the molecule is CCCCCCCCCCC/C=C\CCCCCCCC(O)CC(=O)NC(COP(=O)(O)OC1C(O)C(O)C(O)C(O)C1O)C(O)/C=C/CCCCCCCCCCCCCCCC. The number of hydrogen-bond donors (Lipinski definition) is 9. The standard InChI is InChI=1S/C50H96NO12P/c1-3-5-7-9-11-13-15-17-19-21-22-23-25-27-29-31-33-35-37-41(52)39-44(54)51-42(40-62-64(60,61)63-50-48(58)46(56)45(55)47(57)49(50)59)43(53)38-36-34-32-30-28-26-24-20-18-16-14-12-10-8-6-4-2/h22-23,36,38,41-43,45-50,52-53,55-59H,3-21,24-35,37,39-40H2,1-2H3,(H,51,54)(H,60,61)/b23-22-,38-36+. The Kier molecular flexibility index (Phi) is 37.8. The minimum atomic E-state index is -5.14. The number of carbonyl (C=O) groups is 1. The van der Waals surface area contributed by atoms with Gasteiger partial charge in [-0.3, -0.25) is 13.8 Å². The van der Waals surface area contributed by atoms with Crippen molar-refractivity contribution in [2.75, 3.05) is 6.61 Å². The van der Waals surface area contributed by atoms with E-state index in [1.165, 1.54) is 134 Å². The van der Waals surface area contributed by atoms with E-state index >= 15 is 0 Å². The minimum Gasteiger partial charge on any atom is -0.393 e. The second-order valence-electron chi connectivity index (χ2n) is 18.6. The molecule has 1 rings (SSSR count). The van der Waals surface area contributed by atoms with E-state index in [0.717, 1.165) is 64.2 Å². The number of phosphoric acid groups is 1. The molecule has 0 bridgehead atoms. The van der Waals surface area contributed by atoms with Crippen molar-refractivity contribution >= 4 is 13.7 Å². The molecule has 1 aliphatic rings. The van der Waals surface area contributed by atoms with Gasteiger partial charge in [0, 0.05) is 0 Å². The summed E-state index contributed by atoms with van der Waals surface area (Å²) >= 11 is 0. The number of aliphatic hydroxyl groups excluding tert-OH is 7. The summed E-state index contributed by atoms with van der Waals surface area (Å²) in [4.78, 5) is 23.5. The summed E-state index contributed by atoms with van der Waals surface area (Å²) in [6.07, 6.45) is 31.1. The molecule has 0 aliphatic heterocycles. The van der Waals surface area contributed by atoms with Crippen molar-refractivity contribution in [2.24, 2.45) is 0 Å². The van der Waals surface area contributed by atoms with E-state index in [9.17, 15) is 50.0 Å². The van der Waals surface area contributed by atoms with Crippen molar-refractivity contribution in [2.45, 2.75) is 281 Å². The number of allylic oxidation sites excluding steroid dienone is 3. The van der Waals surface area contributed by atoms with Crippen LogP contribution in [-0.2, 0) is 18.4 Å². The van der Waals surface area contributed by atoms with E-state index in [0.29, 0.717) is 12.8 Å². The van der Waals surface area contributed by atoms with Gasteiger partial charge in [-0.1, -0.05) is 199 Å². The summed E-state index contributed by atoms with van der Waals surface area (Å²) in [5.74, 6) is -0.596. The van der Waals surface area contributed by atoms with Gasteiger partial charge in [0.2, 0.25) is 5.91 Å². The number of unbranched alkanes of at least 4 members (excludes halogenated alkanes) is 28. The predicted octanol–water partition coefficient (Wildman–Crippen LogP) is 9.54. The van der Waals surface area contributed by atoms with Gasteiger partial charge in [0.05, 0.1) is 31.3 Å². The molecule has 1 saturated carbocycles. The first-order chi connectivity index (χ1) is 30.8. The molecule has 8 atom stereocenters. The normalized spacial score (nSPS) is 22.8. The van der Waals surface area contributed by atoms with Crippen LogP contribution in [0.1, 0.15) is 226 Å². The Balaban J connectivity index is 2.49. The average Bonchev–Trinajstić information content (AvgIpc) is 3.27. The van der Waals surface area contributed by atoms with Gasteiger partial charge in [-0.25, -0.2) is 4.57 Å². The van der Waals surface area contributed by atoms with Crippen LogP contribution in [0.25, 0.3) is 0 Å². The van der Waals surface area contributed by atoms with Crippen molar-refractivity contribution in [1.82, 2.24) is 5.32 Å². The second-order valence-corrected chi connectivity index (χ2v) is 20.0. The highest BCUT2D eigenvalue weighted by Crippen LogP contribution is 2.47. The molecule has 0 aromatic carbocycles. The first-order valence-corrected chi connectivity index (χ1v) is 27.4. The summed E-state index contributed by atoms with van der Waals surface area (Å²) in [5, 5.41) is 74.6. The third kappa shape index (κ3) is 30.9. The van der Waals surface area contributed by atoms with Crippen LogP contribution in [-0.4, -0.2) is 108 Å². The molecule has 0 spiro atoms. The zero-order valence-electron chi connectivity index (χ0n) is 40.2. The van der Waals surface area contributed by atoms with Crippen LogP contribution in [0, 0.1) is 0 Å². The number of aliphatic hydroxyl groups is 7. The highest BCUT2D eigenvalue weighted by molar-refractivity contribution is 7.47. The lowest BCUT2D eigenvalue weighted by Crippen LogP contribution is -2.64. The lowest BCUT2D eigenvalue weighted by molar-refractivity contribution is -0.220. The van der Waals surface area contributed by atoms with E-state index in [1.807, 2.05) is 0 Å². The smallest absolute Gasteiger partial charge is 0.393 e. The van der Waals surface area contributed by atoms with Crippen LogP contribution in [0.15, 0.2) is 24.3 Å². The van der Waals surface area contributed by atoms with Gasteiger partial charge in [-0.05, 0) is 44.9 Å². The fourth-order valence-corrected chi connectivity index (χ4v) is 9.26. The highest BCUT2D eigenvalue weighted by Gasteiger charge is 2.51. The molecule has 0 radical (unpaired) electrons. The van der Waals surface area contributed by atoms with Crippen LogP contribution in [0.3, 0.4) is 0 Å². The summed E-state index contributed by atoms with van der Waals surface area (Å²) in [5.41, 5.74) is 0. The zero-order valence-corrected chi connectivity index (χ0v) is 41.1. The first kappa shape index (κ1) is 60.8. The van der Waals surface area contributed by atoms with Crippen LogP contribution in [0.2, 0.25) is 0 Å². The number of nitrogens with one attached hydrogen (secondary N) is 1. The van der Waals surface area contributed by atoms with Crippen LogP contribution < -0.4 is 5.32 Å². The Morgan fingerprint density at radius 1 is 0.547 bits per heavy atom. The lowest BCUT2D eigenvalue weighted by atomic mass is 9.85. The van der Waals surface area contributed by atoms with Crippen molar-refractivity contribution in [3.05, 3.63) is 24.3 Å². The van der Waals surface area contributed by atoms with E-state index in [-0.39, 0.29) is 6.42 Å². The Hall–Kier alpha value is -1.22. The van der Waals surface area contributed by atoms with Crippen molar-refractivity contribution in [1.29, 1.82) is 0 Å². The monoisotopic (exact) mass is 934 g/mol. The third-order valence-corrected chi connectivity index (χ3v) is 13.5. The number of hydrogen-bond acceptors (Lipinski definition) is 11. The van der Waals surface area contributed by atoms with Crippen molar-refractivity contribution in [3.63, 3.8) is 0 Å². The van der Waals surface area contributed by atoms with Gasteiger partial charge in [0.15, 0.2) is 0 Å². The molecule has 13 nitrogen and oxygen atoms in total. The fourth-order valence-electron chi connectivity index (χ4n) is 8.30. The maximum Gasteiger partial charge on any atom is 0.472 e. The number of phosphoric ester groups is 1. The summed E-state index contributed by atoms with van der Waals surface area (Å²) < 4.78 is 22.9. The van der Waals surface area contributed by atoms with E-state index < -0.39 is 75.2 Å². The van der Waals surface area contributed by atoms with Gasteiger partial charge in [0.25, 0.3) is 0 Å². The molecule has 0 saturated heterocycles. The first-order valence-electron chi connectivity index (χ1n) is 25.9. The quantitative estimate of drug-likeness (QED) is 0.0158. The number of amides is 1. The summed E-state index contributed by atoms with van der Waals surface area (Å²) in [7, 11) is -5.14.